The number of hydrogen-bond donors (Lipinski definition) is 3. The third-order valence-corrected chi connectivity index (χ3v) is 2.81. The maximum absolute atomic E-state index is 11.5. The van der Waals surface area contributed by atoms with Crippen molar-refractivity contribution in [3.8, 4) is 0 Å². The van der Waals surface area contributed by atoms with Gasteiger partial charge in [0.1, 0.15) is 11.2 Å². The molecule has 0 spiro atoms. The Morgan fingerprint density at radius 2 is 2.21 bits per heavy atom. The van der Waals surface area contributed by atoms with Crippen molar-refractivity contribution in [2.45, 2.75) is 51.4 Å². The minimum atomic E-state index is -0.778. The zero-order valence-corrected chi connectivity index (χ0v) is 12.3. The minimum absolute atomic E-state index is 0.0529. The van der Waals surface area contributed by atoms with Gasteiger partial charge < -0.3 is 25.2 Å². The van der Waals surface area contributed by atoms with Crippen molar-refractivity contribution in [2.24, 2.45) is 0 Å². The predicted octanol–water partition coefficient (Wildman–Crippen LogP) is 0.641. The van der Waals surface area contributed by atoms with Crippen LogP contribution in [0, 0.1) is 0 Å². The Hall–Kier alpha value is -0.850. The van der Waals surface area contributed by atoms with Gasteiger partial charge in [0.05, 0.1) is 6.61 Å². The molecule has 1 saturated heterocycles. The molecule has 3 N–H and O–H groups in total. The third kappa shape index (κ3) is 6.75. The smallest absolute Gasteiger partial charge is 0.407 e. The van der Waals surface area contributed by atoms with Crippen LogP contribution in [0.25, 0.3) is 0 Å². The number of rotatable bonds is 5. The number of carbonyl (C=O) groups is 1. The Balaban J connectivity index is 2.17. The highest BCUT2D eigenvalue weighted by molar-refractivity contribution is 5.67. The van der Waals surface area contributed by atoms with Crippen LogP contribution in [0.2, 0.25) is 0 Å². The molecule has 0 aromatic heterocycles. The van der Waals surface area contributed by atoms with Gasteiger partial charge in [-0.25, -0.2) is 4.79 Å². The van der Waals surface area contributed by atoms with Gasteiger partial charge in [-0.15, -0.1) is 0 Å². The monoisotopic (exact) mass is 274 g/mol. The lowest BCUT2D eigenvalue weighted by Gasteiger charge is -2.24. The summed E-state index contributed by atoms with van der Waals surface area (Å²) in [5.74, 6) is 0. The van der Waals surface area contributed by atoms with Gasteiger partial charge in [-0.2, -0.15) is 0 Å². The Kier molecular flexibility index (Phi) is 5.58. The lowest BCUT2D eigenvalue weighted by atomic mass is 10.0. The average molecular weight is 274 g/mol. The van der Waals surface area contributed by atoms with Crippen molar-refractivity contribution in [2.75, 3.05) is 26.3 Å². The van der Waals surface area contributed by atoms with E-state index in [4.69, 9.17) is 9.47 Å². The number of ether oxygens (including phenoxy) is 2. The highest BCUT2D eigenvalue weighted by Gasteiger charge is 2.32. The molecule has 19 heavy (non-hydrogen) atoms. The van der Waals surface area contributed by atoms with Gasteiger partial charge in [0.25, 0.3) is 0 Å². The summed E-state index contributed by atoms with van der Waals surface area (Å²) in [6, 6.07) is 0.0529. The molecule has 1 aliphatic rings. The van der Waals surface area contributed by atoms with Crippen LogP contribution >= 0.6 is 0 Å². The molecule has 6 nitrogen and oxygen atoms in total. The summed E-state index contributed by atoms with van der Waals surface area (Å²) in [4.78, 5) is 11.5. The van der Waals surface area contributed by atoms with Crippen molar-refractivity contribution < 1.29 is 19.4 Å². The molecule has 112 valence electrons. The largest absolute Gasteiger partial charge is 0.444 e. The fourth-order valence-electron chi connectivity index (χ4n) is 1.72. The van der Waals surface area contributed by atoms with Crippen LogP contribution < -0.4 is 10.6 Å². The fraction of sp³-hybridized carbons (Fsp3) is 0.923. The Morgan fingerprint density at radius 3 is 2.74 bits per heavy atom. The first-order valence-electron chi connectivity index (χ1n) is 6.71. The van der Waals surface area contributed by atoms with Crippen LogP contribution in [0.3, 0.4) is 0 Å². The first kappa shape index (κ1) is 16.2. The zero-order valence-electron chi connectivity index (χ0n) is 12.3. The van der Waals surface area contributed by atoms with Gasteiger partial charge in [-0.1, -0.05) is 0 Å². The summed E-state index contributed by atoms with van der Waals surface area (Å²) in [6.45, 7) is 9.29. The molecular weight excluding hydrogens is 248 g/mol. The summed E-state index contributed by atoms with van der Waals surface area (Å²) >= 11 is 0. The van der Waals surface area contributed by atoms with E-state index < -0.39 is 17.3 Å². The number of amides is 1. The summed E-state index contributed by atoms with van der Waals surface area (Å²) in [6.07, 6.45) is 0.218. The van der Waals surface area contributed by atoms with E-state index in [-0.39, 0.29) is 6.04 Å². The van der Waals surface area contributed by atoms with E-state index in [1.807, 2.05) is 27.7 Å². The first-order chi connectivity index (χ1) is 8.70. The van der Waals surface area contributed by atoms with Gasteiger partial charge >= 0.3 is 6.09 Å². The Labute approximate surface area is 114 Å². The first-order valence-corrected chi connectivity index (χ1v) is 6.71. The predicted molar refractivity (Wildman–Crippen MR) is 72.1 cm³/mol. The van der Waals surface area contributed by atoms with Gasteiger partial charge in [-0.3, -0.25) is 0 Å². The molecule has 0 saturated carbocycles. The number of alkyl carbamates (subject to hydrolysis) is 1. The summed E-state index contributed by atoms with van der Waals surface area (Å²) in [7, 11) is 0. The van der Waals surface area contributed by atoms with Crippen LogP contribution in [0.15, 0.2) is 0 Å². The van der Waals surface area contributed by atoms with E-state index in [0.717, 1.165) is 0 Å². The molecule has 0 aliphatic carbocycles. The lowest BCUT2D eigenvalue weighted by molar-refractivity contribution is 0.0250. The van der Waals surface area contributed by atoms with E-state index in [2.05, 4.69) is 10.6 Å². The van der Waals surface area contributed by atoms with Crippen LogP contribution in [-0.4, -0.2) is 54.7 Å². The van der Waals surface area contributed by atoms with Crippen molar-refractivity contribution >= 4 is 6.09 Å². The fourth-order valence-corrected chi connectivity index (χ4v) is 1.72. The van der Waals surface area contributed by atoms with Crippen LogP contribution in [0.5, 0.6) is 0 Å². The molecule has 0 aromatic carbocycles. The van der Waals surface area contributed by atoms with Gasteiger partial charge in [0, 0.05) is 32.2 Å². The molecule has 6 heteroatoms. The van der Waals surface area contributed by atoms with E-state index >= 15 is 0 Å². The molecule has 1 aliphatic heterocycles. The molecule has 1 amide bonds. The minimum Gasteiger partial charge on any atom is -0.444 e. The number of aliphatic hydroxyl groups is 1. The van der Waals surface area contributed by atoms with Crippen LogP contribution in [0.1, 0.15) is 34.1 Å². The number of nitrogens with one attached hydrogen (secondary N) is 2. The third-order valence-electron chi connectivity index (χ3n) is 2.81. The summed E-state index contributed by atoms with van der Waals surface area (Å²) in [5, 5.41) is 15.9. The normalized spacial score (nSPS) is 25.1. The molecule has 1 fully saturated rings. The van der Waals surface area contributed by atoms with Crippen molar-refractivity contribution in [3.05, 3.63) is 0 Å². The van der Waals surface area contributed by atoms with Crippen LogP contribution in [0.4, 0.5) is 4.79 Å². The highest BCUT2D eigenvalue weighted by atomic mass is 16.6. The molecule has 2 atom stereocenters. The second-order valence-electron chi connectivity index (χ2n) is 6.19. The highest BCUT2D eigenvalue weighted by Crippen LogP contribution is 2.17. The van der Waals surface area contributed by atoms with E-state index in [9.17, 15) is 9.90 Å². The summed E-state index contributed by atoms with van der Waals surface area (Å²) in [5.41, 5.74) is -1.27. The second kappa shape index (κ2) is 6.54. The molecule has 1 rings (SSSR count). The standard InChI is InChI=1S/C13H26N2O4/c1-10(7-14-11(16)19-12(2,3)4)15-8-13(17)5-6-18-9-13/h10,15,17H,5-9H2,1-4H3,(H,14,16). The second-order valence-corrected chi connectivity index (χ2v) is 6.19. The molecule has 0 radical (unpaired) electrons. The molecule has 0 aromatic rings. The molecule has 2 unspecified atom stereocenters. The Bertz CT molecular complexity index is 296. The number of carbonyl (C=O) groups excluding carboxylic acids is 1. The SMILES string of the molecule is CC(CNC(=O)OC(C)(C)C)NCC1(O)CCOC1. The molecule has 0 bridgehead atoms. The maximum atomic E-state index is 11.5. The van der Waals surface area contributed by atoms with Gasteiger partial charge in [0.2, 0.25) is 0 Å². The van der Waals surface area contributed by atoms with E-state index in [0.29, 0.717) is 32.7 Å². The number of hydrogen-bond acceptors (Lipinski definition) is 5. The van der Waals surface area contributed by atoms with Crippen molar-refractivity contribution in [1.82, 2.24) is 10.6 Å². The van der Waals surface area contributed by atoms with E-state index in [1.54, 1.807) is 0 Å². The van der Waals surface area contributed by atoms with Gasteiger partial charge in [-0.05, 0) is 27.7 Å². The van der Waals surface area contributed by atoms with E-state index in [1.165, 1.54) is 0 Å². The average Bonchev–Trinajstić information content (AvgIpc) is 2.69. The molecular formula is C13H26N2O4. The Morgan fingerprint density at radius 1 is 1.53 bits per heavy atom. The maximum Gasteiger partial charge on any atom is 0.407 e. The summed E-state index contributed by atoms with van der Waals surface area (Å²) < 4.78 is 10.3. The van der Waals surface area contributed by atoms with Crippen molar-refractivity contribution in [3.63, 3.8) is 0 Å². The zero-order chi connectivity index (χ0) is 14.5. The molecule has 1 heterocycles. The van der Waals surface area contributed by atoms with Gasteiger partial charge in [0.15, 0.2) is 0 Å². The van der Waals surface area contributed by atoms with Crippen LogP contribution in [-0.2, 0) is 9.47 Å². The lowest BCUT2D eigenvalue weighted by Crippen LogP contribution is -2.48. The van der Waals surface area contributed by atoms with Crippen molar-refractivity contribution in [1.29, 1.82) is 0 Å². The quantitative estimate of drug-likeness (QED) is 0.685. The topological polar surface area (TPSA) is 79.8 Å².